The number of benzene rings is 1. The Morgan fingerprint density at radius 3 is 2.50 bits per heavy atom. The lowest BCUT2D eigenvalue weighted by atomic mass is 10.2. The minimum Gasteiger partial charge on any atom is -0.465 e. The monoisotopic (exact) mass is 287 g/mol. The molecule has 0 saturated carbocycles. The Labute approximate surface area is 117 Å². The van der Waals surface area contributed by atoms with E-state index in [1.807, 2.05) is 0 Å². The molecule has 0 aliphatic carbocycles. The number of ether oxygens (including phenoxy) is 1. The fraction of sp³-hybridized carbons (Fsp3) is 0.308. The summed E-state index contributed by atoms with van der Waals surface area (Å²) < 4.78 is 4.92. The summed E-state index contributed by atoms with van der Waals surface area (Å²) in [6.07, 6.45) is 1.70. The average Bonchev–Trinajstić information content (AvgIpc) is 2.27. The van der Waals surface area contributed by atoms with E-state index in [0.717, 1.165) is 5.69 Å². The Hall–Kier alpha value is -1.19. The van der Waals surface area contributed by atoms with Crippen LogP contribution in [0, 0.1) is 0 Å². The summed E-state index contributed by atoms with van der Waals surface area (Å²) in [7, 11) is 0. The normalized spacial score (nSPS) is 9.94. The van der Waals surface area contributed by atoms with Gasteiger partial charge in [-0.3, -0.25) is 4.79 Å². The van der Waals surface area contributed by atoms with Crippen molar-refractivity contribution in [3.05, 3.63) is 40.9 Å². The smallest absolute Gasteiger partial charge is 0.325 e. The van der Waals surface area contributed by atoms with E-state index in [4.69, 9.17) is 27.9 Å². The fourth-order valence-electron chi connectivity index (χ4n) is 1.50. The van der Waals surface area contributed by atoms with Crippen molar-refractivity contribution in [2.45, 2.75) is 6.92 Å². The van der Waals surface area contributed by atoms with Crippen molar-refractivity contribution in [2.75, 3.05) is 24.6 Å². The molecule has 0 unspecified atom stereocenters. The van der Waals surface area contributed by atoms with Gasteiger partial charge in [-0.05, 0) is 25.1 Å². The average molecular weight is 288 g/mol. The van der Waals surface area contributed by atoms with E-state index in [0.29, 0.717) is 23.2 Å². The first-order chi connectivity index (χ1) is 8.56. The predicted octanol–water partition coefficient (Wildman–Crippen LogP) is 3.55. The summed E-state index contributed by atoms with van der Waals surface area (Å²) >= 11 is 11.9. The van der Waals surface area contributed by atoms with Crippen LogP contribution in [0.5, 0.6) is 0 Å². The maximum absolute atomic E-state index is 11.5. The Bertz CT molecular complexity index is 415. The van der Waals surface area contributed by atoms with Crippen LogP contribution in [0.4, 0.5) is 5.69 Å². The molecular weight excluding hydrogens is 273 g/mol. The molecule has 98 valence electrons. The maximum atomic E-state index is 11.5. The lowest BCUT2D eigenvalue weighted by molar-refractivity contribution is -0.141. The van der Waals surface area contributed by atoms with Crippen molar-refractivity contribution in [2.24, 2.45) is 0 Å². The second-order valence-corrected chi connectivity index (χ2v) is 4.47. The summed E-state index contributed by atoms with van der Waals surface area (Å²) in [6, 6.07) is 5.13. The Morgan fingerprint density at radius 2 is 2.00 bits per heavy atom. The highest BCUT2D eigenvalue weighted by Crippen LogP contribution is 2.25. The van der Waals surface area contributed by atoms with Crippen LogP contribution in [-0.2, 0) is 9.53 Å². The van der Waals surface area contributed by atoms with Crippen LogP contribution in [-0.4, -0.2) is 25.7 Å². The summed E-state index contributed by atoms with van der Waals surface area (Å²) in [6.45, 7) is 6.44. The molecule has 0 aliphatic rings. The molecule has 1 aromatic carbocycles. The first-order valence-electron chi connectivity index (χ1n) is 5.54. The molecule has 0 N–H and O–H groups in total. The molecule has 0 amide bonds. The van der Waals surface area contributed by atoms with E-state index in [9.17, 15) is 4.79 Å². The SMILES string of the molecule is C=CCN(CC(=O)OCC)c1cc(Cl)cc(Cl)c1. The molecule has 1 rings (SSSR count). The van der Waals surface area contributed by atoms with E-state index in [-0.39, 0.29) is 12.5 Å². The number of carbonyl (C=O) groups is 1. The molecule has 0 atom stereocenters. The van der Waals surface area contributed by atoms with Gasteiger partial charge in [0.2, 0.25) is 0 Å². The van der Waals surface area contributed by atoms with Crippen LogP contribution in [0.1, 0.15) is 6.92 Å². The van der Waals surface area contributed by atoms with Gasteiger partial charge in [0.25, 0.3) is 0 Å². The Balaban J connectivity index is 2.89. The highest BCUT2D eigenvalue weighted by atomic mass is 35.5. The lowest BCUT2D eigenvalue weighted by Gasteiger charge is -2.22. The van der Waals surface area contributed by atoms with Crippen LogP contribution < -0.4 is 4.90 Å². The third kappa shape index (κ3) is 4.59. The molecule has 5 heteroatoms. The molecule has 0 spiro atoms. The predicted molar refractivity (Wildman–Crippen MR) is 75.5 cm³/mol. The zero-order valence-electron chi connectivity index (χ0n) is 10.2. The second kappa shape index (κ2) is 7.29. The number of hydrogen-bond donors (Lipinski definition) is 0. The third-order valence-electron chi connectivity index (χ3n) is 2.19. The molecule has 0 fully saturated rings. The van der Waals surface area contributed by atoms with Gasteiger partial charge < -0.3 is 9.64 Å². The number of halogens is 2. The molecule has 0 saturated heterocycles. The minimum absolute atomic E-state index is 0.135. The van der Waals surface area contributed by atoms with Crippen molar-refractivity contribution in [1.29, 1.82) is 0 Å². The van der Waals surface area contributed by atoms with E-state index in [2.05, 4.69) is 6.58 Å². The van der Waals surface area contributed by atoms with Gasteiger partial charge >= 0.3 is 5.97 Å². The van der Waals surface area contributed by atoms with Gasteiger partial charge in [0.05, 0.1) is 6.61 Å². The largest absolute Gasteiger partial charge is 0.465 e. The van der Waals surface area contributed by atoms with E-state index >= 15 is 0 Å². The van der Waals surface area contributed by atoms with E-state index in [1.54, 1.807) is 36.1 Å². The zero-order chi connectivity index (χ0) is 13.5. The van der Waals surface area contributed by atoms with Crippen molar-refractivity contribution in [3.8, 4) is 0 Å². The zero-order valence-corrected chi connectivity index (χ0v) is 11.7. The van der Waals surface area contributed by atoms with Crippen LogP contribution in [0.3, 0.4) is 0 Å². The summed E-state index contributed by atoms with van der Waals surface area (Å²) in [5.41, 5.74) is 0.764. The van der Waals surface area contributed by atoms with Gasteiger partial charge in [0.1, 0.15) is 6.54 Å². The van der Waals surface area contributed by atoms with Crippen LogP contribution >= 0.6 is 23.2 Å². The molecule has 18 heavy (non-hydrogen) atoms. The number of carbonyl (C=O) groups excluding carboxylic acids is 1. The molecular formula is C13H15Cl2NO2. The van der Waals surface area contributed by atoms with Gasteiger partial charge in [0.15, 0.2) is 0 Å². The quantitative estimate of drug-likeness (QED) is 0.592. The molecule has 0 bridgehead atoms. The molecule has 0 aromatic heterocycles. The standard InChI is InChI=1S/C13H15Cl2NO2/c1-3-5-16(9-13(17)18-4-2)12-7-10(14)6-11(15)8-12/h3,6-8H,1,4-5,9H2,2H3. The van der Waals surface area contributed by atoms with Crippen molar-refractivity contribution < 1.29 is 9.53 Å². The van der Waals surface area contributed by atoms with Gasteiger partial charge in [-0.1, -0.05) is 29.3 Å². The molecule has 0 heterocycles. The van der Waals surface area contributed by atoms with Crippen LogP contribution in [0.25, 0.3) is 0 Å². The Morgan fingerprint density at radius 1 is 1.39 bits per heavy atom. The molecule has 0 radical (unpaired) electrons. The lowest BCUT2D eigenvalue weighted by Crippen LogP contribution is -2.31. The second-order valence-electron chi connectivity index (χ2n) is 3.60. The first-order valence-corrected chi connectivity index (χ1v) is 6.30. The third-order valence-corrected chi connectivity index (χ3v) is 2.62. The van der Waals surface area contributed by atoms with Gasteiger partial charge in [-0.25, -0.2) is 0 Å². The van der Waals surface area contributed by atoms with Crippen molar-refractivity contribution in [1.82, 2.24) is 0 Å². The number of anilines is 1. The highest BCUT2D eigenvalue weighted by Gasteiger charge is 2.12. The fourth-order valence-corrected chi connectivity index (χ4v) is 2.02. The molecule has 1 aromatic rings. The maximum Gasteiger partial charge on any atom is 0.325 e. The van der Waals surface area contributed by atoms with Crippen molar-refractivity contribution >= 4 is 34.9 Å². The number of esters is 1. The van der Waals surface area contributed by atoms with Crippen LogP contribution in [0.2, 0.25) is 10.0 Å². The van der Waals surface area contributed by atoms with Gasteiger partial charge in [-0.15, -0.1) is 6.58 Å². The number of hydrogen-bond acceptors (Lipinski definition) is 3. The van der Waals surface area contributed by atoms with Gasteiger partial charge in [-0.2, -0.15) is 0 Å². The topological polar surface area (TPSA) is 29.5 Å². The number of nitrogens with zero attached hydrogens (tertiary/aromatic N) is 1. The summed E-state index contributed by atoms with van der Waals surface area (Å²) in [5, 5.41) is 1.05. The molecule has 0 aliphatic heterocycles. The highest BCUT2D eigenvalue weighted by molar-refractivity contribution is 6.35. The van der Waals surface area contributed by atoms with Crippen LogP contribution in [0.15, 0.2) is 30.9 Å². The summed E-state index contributed by atoms with van der Waals surface area (Å²) in [4.78, 5) is 13.3. The number of rotatable bonds is 6. The van der Waals surface area contributed by atoms with Gasteiger partial charge in [0, 0.05) is 22.3 Å². The van der Waals surface area contributed by atoms with E-state index in [1.165, 1.54) is 0 Å². The van der Waals surface area contributed by atoms with E-state index < -0.39 is 0 Å². The minimum atomic E-state index is -0.296. The Kier molecular flexibility index (Phi) is 6.02. The first kappa shape index (κ1) is 14.9. The molecule has 3 nitrogen and oxygen atoms in total. The summed E-state index contributed by atoms with van der Waals surface area (Å²) in [5.74, 6) is -0.296. The van der Waals surface area contributed by atoms with Crippen molar-refractivity contribution in [3.63, 3.8) is 0 Å².